The fraction of sp³-hybridized carbons (Fsp3) is 0. The zero-order chi connectivity index (χ0) is 17.9. The molecule has 0 fully saturated rings. The molecule has 3 aromatic rings. The first-order valence-electron chi connectivity index (χ1n) is 7.47. The quantitative estimate of drug-likeness (QED) is 0.685. The average Bonchev–Trinajstić information content (AvgIpc) is 2.60. The van der Waals surface area contributed by atoms with E-state index in [-0.39, 0.29) is 4.90 Å². The molecule has 0 atom stereocenters. The van der Waals surface area contributed by atoms with E-state index in [4.69, 9.17) is 5.11 Å². The van der Waals surface area contributed by atoms with Crippen LogP contribution in [0.25, 0.3) is 16.8 Å². The Kier molecular flexibility index (Phi) is 4.54. The van der Waals surface area contributed by atoms with Gasteiger partial charge in [0.1, 0.15) is 0 Å². The molecule has 0 aromatic heterocycles. The van der Waals surface area contributed by atoms with Gasteiger partial charge in [-0.15, -0.1) is 0 Å². The van der Waals surface area contributed by atoms with Gasteiger partial charge in [0.15, 0.2) is 0 Å². The molecule has 0 amide bonds. The molecule has 0 bridgehead atoms. The van der Waals surface area contributed by atoms with Crippen molar-refractivity contribution in [2.75, 3.05) is 4.72 Å². The molecule has 0 saturated heterocycles. The number of hydrogen-bond donors (Lipinski definition) is 2. The number of rotatable bonds is 5. The molecule has 0 aliphatic carbocycles. The summed E-state index contributed by atoms with van der Waals surface area (Å²) in [6.07, 6.45) is 2.40. The maximum atomic E-state index is 12.6. The average molecular weight is 353 g/mol. The highest BCUT2D eigenvalue weighted by atomic mass is 32.2. The van der Waals surface area contributed by atoms with Gasteiger partial charge in [-0.3, -0.25) is 4.72 Å². The van der Waals surface area contributed by atoms with E-state index in [0.717, 1.165) is 16.8 Å². The molecular weight excluding hydrogens is 338 g/mol. The van der Waals surface area contributed by atoms with Crippen LogP contribution in [0.3, 0.4) is 0 Å². The maximum absolute atomic E-state index is 12.6. The maximum Gasteiger partial charge on any atom is 0.328 e. The van der Waals surface area contributed by atoms with E-state index in [1.54, 1.807) is 24.3 Å². The van der Waals surface area contributed by atoms with E-state index in [9.17, 15) is 13.2 Å². The first-order valence-corrected chi connectivity index (χ1v) is 8.96. The molecule has 0 unspecified atom stereocenters. The predicted molar refractivity (Wildman–Crippen MR) is 97.9 cm³/mol. The minimum atomic E-state index is -3.74. The summed E-state index contributed by atoms with van der Waals surface area (Å²) in [6, 6.07) is 18.9. The van der Waals surface area contributed by atoms with Crippen molar-refractivity contribution in [3.63, 3.8) is 0 Å². The predicted octanol–water partition coefficient (Wildman–Crippen LogP) is 3.74. The van der Waals surface area contributed by atoms with Crippen molar-refractivity contribution < 1.29 is 18.3 Å². The lowest BCUT2D eigenvalue weighted by molar-refractivity contribution is -0.131. The number of anilines is 1. The van der Waals surface area contributed by atoms with Gasteiger partial charge in [-0.25, -0.2) is 13.2 Å². The van der Waals surface area contributed by atoms with Crippen LogP contribution in [0.1, 0.15) is 5.56 Å². The smallest absolute Gasteiger partial charge is 0.328 e. The van der Waals surface area contributed by atoms with Crippen molar-refractivity contribution in [2.45, 2.75) is 4.90 Å². The van der Waals surface area contributed by atoms with Gasteiger partial charge in [-0.05, 0) is 35.2 Å². The van der Waals surface area contributed by atoms with Crippen molar-refractivity contribution in [1.82, 2.24) is 0 Å². The van der Waals surface area contributed by atoms with Crippen LogP contribution in [0.5, 0.6) is 0 Å². The highest BCUT2D eigenvalue weighted by molar-refractivity contribution is 7.92. The molecule has 0 aliphatic heterocycles. The van der Waals surface area contributed by atoms with Crippen LogP contribution in [0, 0.1) is 0 Å². The molecule has 5 nitrogen and oxygen atoms in total. The molecule has 126 valence electrons. The SMILES string of the molecule is O=C(O)/C=C/c1ccc(S(=O)(=O)Nc2cccc3ccccc23)cc1. The fourth-order valence-electron chi connectivity index (χ4n) is 2.44. The molecule has 0 radical (unpaired) electrons. The van der Waals surface area contributed by atoms with Gasteiger partial charge in [-0.2, -0.15) is 0 Å². The highest BCUT2D eigenvalue weighted by Crippen LogP contribution is 2.25. The standard InChI is InChI=1S/C19H15NO4S/c21-19(22)13-10-14-8-11-16(12-9-14)25(23,24)20-18-7-3-5-15-4-1-2-6-17(15)18/h1-13,20H,(H,21,22)/b13-10+. The van der Waals surface area contributed by atoms with E-state index in [1.165, 1.54) is 18.2 Å². The number of carbonyl (C=O) groups is 1. The number of hydrogen-bond acceptors (Lipinski definition) is 3. The summed E-state index contributed by atoms with van der Waals surface area (Å²) in [7, 11) is -3.74. The van der Waals surface area contributed by atoms with Crippen LogP contribution >= 0.6 is 0 Å². The lowest BCUT2D eigenvalue weighted by Gasteiger charge is -2.11. The van der Waals surface area contributed by atoms with Crippen molar-refractivity contribution in [1.29, 1.82) is 0 Å². The Morgan fingerprint density at radius 3 is 2.32 bits per heavy atom. The van der Waals surface area contributed by atoms with E-state index in [1.807, 2.05) is 30.3 Å². The summed E-state index contributed by atoms with van der Waals surface area (Å²) in [5, 5.41) is 10.4. The first-order chi connectivity index (χ1) is 12.0. The van der Waals surface area contributed by atoms with E-state index < -0.39 is 16.0 Å². The molecule has 25 heavy (non-hydrogen) atoms. The third-order valence-electron chi connectivity index (χ3n) is 3.64. The first kappa shape index (κ1) is 16.7. The zero-order valence-corrected chi connectivity index (χ0v) is 13.9. The van der Waals surface area contributed by atoms with E-state index in [0.29, 0.717) is 11.3 Å². The molecule has 0 saturated carbocycles. The highest BCUT2D eigenvalue weighted by Gasteiger charge is 2.15. The summed E-state index contributed by atoms with van der Waals surface area (Å²) in [4.78, 5) is 10.6. The monoisotopic (exact) mass is 353 g/mol. The van der Waals surface area contributed by atoms with Gasteiger partial charge in [0.25, 0.3) is 10.0 Å². The van der Waals surface area contributed by atoms with Gasteiger partial charge in [0.05, 0.1) is 10.6 Å². The van der Waals surface area contributed by atoms with Gasteiger partial charge in [0, 0.05) is 11.5 Å². The van der Waals surface area contributed by atoms with Gasteiger partial charge < -0.3 is 5.11 Å². The summed E-state index contributed by atoms with van der Waals surface area (Å²) < 4.78 is 27.8. The Morgan fingerprint density at radius 1 is 0.920 bits per heavy atom. The Hall–Kier alpha value is -3.12. The number of benzene rings is 3. The molecular formula is C19H15NO4S. The van der Waals surface area contributed by atoms with Crippen LogP contribution in [-0.2, 0) is 14.8 Å². The normalized spacial score (nSPS) is 11.7. The second kappa shape index (κ2) is 6.78. The zero-order valence-electron chi connectivity index (χ0n) is 13.1. The Labute approximate surface area is 145 Å². The molecule has 2 N–H and O–H groups in total. The van der Waals surface area contributed by atoms with Crippen molar-refractivity contribution in [3.05, 3.63) is 78.4 Å². The Bertz CT molecular complexity index is 1050. The van der Waals surface area contributed by atoms with E-state index in [2.05, 4.69) is 4.72 Å². The van der Waals surface area contributed by atoms with Crippen LogP contribution < -0.4 is 4.72 Å². The van der Waals surface area contributed by atoms with Gasteiger partial charge in [0.2, 0.25) is 0 Å². The molecule has 3 aromatic carbocycles. The van der Waals surface area contributed by atoms with Crippen LogP contribution in [0.2, 0.25) is 0 Å². The number of carboxylic acid groups (broad SMARTS) is 1. The van der Waals surface area contributed by atoms with Crippen LogP contribution in [0.15, 0.2) is 77.7 Å². The van der Waals surface area contributed by atoms with Gasteiger partial charge >= 0.3 is 5.97 Å². The van der Waals surface area contributed by atoms with Crippen LogP contribution in [0.4, 0.5) is 5.69 Å². The number of fused-ring (bicyclic) bond motifs is 1. The Balaban J connectivity index is 1.90. The van der Waals surface area contributed by atoms with Crippen molar-refractivity contribution >= 4 is 38.5 Å². The van der Waals surface area contributed by atoms with E-state index >= 15 is 0 Å². The van der Waals surface area contributed by atoms with Crippen molar-refractivity contribution in [2.24, 2.45) is 0 Å². The third-order valence-corrected chi connectivity index (χ3v) is 5.02. The summed E-state index contributed by atoms with van der Waals surface area (Å²) >= 11 is 0. The number of aliphatic carboxylic acids is 1. The van der Waals surface area contributed by atoms with Gasteiger partial charge in [-0.1, -0.05) is 48.5 Å². The minimum Gasteiger partial charge on any atom is -0.478 e. The third kappa shape index (κ3) is 3.87. The molecule has 3 rings (SSSR count). The van der Waals surface area contributed by atoms with Crippen molar-refractivity contribution in [3.8, 4) is 0 Å². The lowest BCUT2D eigenvalue weighted by Crippen LogP contribution is -2.13. The number of nitrogens with one attached hydrogen (secondary N) is 1. The Morgan fingerprint density at radius 2 is 1.60 bits per heavy atom. The summed E-state index contributed by atoms with van der Waals surface area (Å²) in [5.41, 5.74) is 1.11. The fourth-order valence-corrected chi connectivity index (χ4v) is 3.52. The molecule has 0 spiro atoms. The van der Waals surface area contributed by atoms with Crippen LogP contribution in [-0.4, -0.2) is 19.5 Å². The summed E-state index contributed by atoms with van der Waals surface area (Å²) in [6.45, 7) is 0. The lowest BCUT2D eigenvalue weighted by atomic mass is 10.1. The second-order valence-electron chi connectivity index (χ2n) is 5.37. The summed E-state index contributed by atoms with van der Waals surface area (Å²) in [5.74, 6) is -1.06. The molecule has 0 aliphatic rings. The number of sulfonamides is 1. The topological polar surface area (TPSA) is 83.5 Å². The molecule has 6 heteroatoms. The molecule has 0 heterocycles. The largest absolute Gasteiger partial charge is 0.478 e. The second-order valence-corrected chi connectivity index (χ2v) is 7.06. The minimum absolute atomic E-state index is 0.105. The number of carboxylic acids is 1.